The van der Waals surface area contributed by atoms with Gasteiger partial charge < -0.3 is 9.84 Å². The Balaban J connectivity index is 2.15. The predicted molar refractivity (Wildman–Crippen MR) is 68.0 cm³/mol. The van der Waals surface area contributed by atoms with E-state index in [1.807, 2.05) is 0 Å². The maximum absolute atomic E-state index is 13.3. The van der Waals surface area contributed by atoms with Crippen LogP contribution in [-0.2, 0) is 0 Å². The number of hydrogen-bond acceptors (Lipinski definition) is 2. The van der Waals surface area contributed by atoms with Gasteiger partial charge in [-0.15, -0.1) is 0 Å². The maximum atomic E-state index is 13.3. The van der Waals surface area contributed by atoms with Gasteiger partial charge in [0.25, 0.3) is 0 Å². The van der Waals surface area contributed by atoms with Crippen molar-refractivity contribution in [3.63, 3.8) is 0 Å². The molecule has 0 heterocycles. The number of ether oxygens (including phenoxy) is 1. The Kier molecular flexibility index (Phi) is 4.28. The second-order valence-corrected chi connectivity index (χ2v) is 5.47. The lowest BCUT2D eigenvalue weighted by atomic mass is 9.95. The van der Waals surface area contributed by atoms with Crippen molar-refractivity contribution in [2.75, 3.05) is 0 Å². The molecule has 2 rings (SSSR count). The van der Waals surface area contributed by atoms with Gasteiger partial charge in [-0.1, -0.05) is 18.0 Å². The molecule has 94 valence electrons. The molecule has 0 amide bonds. The normalized spacial score (nSPS) is 24.7. The smallest absolute Gasteiger partial charge is 0.145 e. The quantitative estimate of drug-likeness (QED) is 0.836. The zero-order chi connectivity index (χ0) is 12.4. The SMILES string of the molecule is O[C@@H]1CCCC[C@H]1Oc1cc(F)c(Cl)cc1Br. The molecule has 17 heavy (non-hydrogen) atoms. The number of benzene rings is 1. The lowest BCUT2D eigenvalue weighted by Gasteiger charge is -2.28. The largest absolute Gasteiger partial charge is 0.486 e. The third-order valence-electron chi connectivity index (χ3n) is 2.92. The van der Waals surface area contributed by atoms with Gasteiger partial charge in [0.15, 0.2) is 0 Å². The Morgan fingerprint density at radius 1 is 1.35 bits per heavy atom. The van der Waals surface area contributed by atoms with E-state index in [0.29, 0.717) is 10.2 Å². The number of hydrogen-bond donors (Lipinski definition) is 1. The zero-order valence-corrected chi connectivity index (χ0v) is 11.5. The summed E-state index contributed by atoms with van der Waals surface area (Å²) in [6.07, 6.45) is 2.82. The third kappa shape index (κ3) is 3.12. The fourth-order valence-corrected chi connectivity index (χ4v) is 2.70. The fourth-order valence-electron chi connectivity index (χ4n) is 1.97. The van der Waals surface area contributed by atoms with Gasteiger partial charge in [-0.2, -0.15) is 0 Å². The fraction of sp³-hybridized carbons (Fsp3) is 0.500. The van der Waals surface area contributed by atoms with Crippen molar-refractivity contribution in [1.82, 2.24) is 0 Å². The molecule has 1 N–H and O–H groups in total. The van der Waals surface area contributed by atoms with Crippen LogP contribution in [0.3, 0.4) is 0 Å². The van der Waals surface area contributed by atoms with E-state index in [2.05, 4.69) is 15.9 Å². The van der Waals surface area contributed by atoms with E-state index in [4.69, 9.17) is 16.3 Å². The Labute approximate surface area is 113 Å². The molecule has 0 bridgehead atoms. The van der Waals surface area contributed by atoms with Crippen LogP contribution in [0.2, 0.25) is 5.02 Å². The van der Waals surface area contributed by atoms with Crippen LogP contribution < -0.4 is 4.74 Å². The van der Waals surface area contributed by atoms with E-state index in [0.717, 1.165) is 25.7 Å². The molecule has 2 atom stereocenters. The Hall–Kier alpha value is -0.320. The summed E-state index contributed by atoms with van der Waals surface area (Å²) in [7, 11) is 0. The molecule has 0 radical (unpaired) electrons. The molecule has 1 aromatic carbocycles. The molecular formula is C12H13BrClFO2. The van der Waals surface area contributed by atoms with Crippen molar-refractivity contribution in [2.24, 2.45) is 0 Å². The number of aliphatic hydroxyl groups is 1. The molecule has 1 aliphatic carbocycles. The molecule has 0 aromatic heterocycles. The molecule has 0 unspecified atom stereocenters. The highest BCUT2D eigenvalue weighted by molar-refractivity contribution is 9.10. The molecule has 5 heteroatoms. The van der Waals surface area contributed by atoms with Gasteiger partial charge in [0, 0.05) is 6.07 Å². The predicted octanol–water partition coefficient (Wildman–Crippen LogP) is 3.92. The number of rotatable bonds is 2. The summed E-state index contributed by atoms with van der Waals surface area (Å²) in [6, 6.07) is 2.70. The van der Waals surface area contributed by atoms with E-state index in [1.54, 1.807) is 0 Å². The van der Waals surface area contributed by atoms with Crippen molar-refractivity contribution in [2.45, 2.75) is 37.9 Å². The molecule has 1 aromatic rings. The van der Waals surface area contributed by atoms with Gasteiger partial charge in [0.2, 0.25) is 0 Å². The summed E-state index contributed by atoms with van der Waals surface area (Å²) in [5.41, 5.74) is 0. The monoisotopic (exact) mass is 322 g/mol. The first kappa shape index (κ1) is 13.1. The van der Waals surface area contributed by atoms with Gasteiger partial charge in [0.1, 0.15) is 17.7 Å². The van der Waals surface area contributed by atoms with Crippen LogP contribution in [0.15, 0.2) is 16.6 Å². The maximum Gasteiger partial charge on any atom is 0.145 e. The van der Waals surface area contributed by atoms with Crippen LogP contribution in [0, 0.1) is 5.82 Å². The topological polar surface area (TPSA) is 29.5 Å². The minimum Gasteiger partial charge on any atom is -0.486 e. The highest BCUT2D eigenvalue weighted by Gasteiger charge is 2.25. The molecule has 1 fully saturated rings. The summed E-state index contributed by atoms with van der Waals surface area (Å²) >= 11 is 8.92. The van der Waals surface area contributed by atoms with Crippen LogP contribution in [-0.4, -0.2) is 17.3 Å². The van der Waals surface area contributed by atoms with Crippen LogP contribution in [0.1, 0.15) is 25.7 Å². The summed E-state index contributed by atoms with van der Waals surface area (Å²) in [5.74, 6) is -0.131. The van der Waals surface area contributed by atoms with Crippen LogP contribution >= 0.6 is 27.5 Å². The van der Waals surface area contributed by atoms with Crippen molar-refractivity contribution >= 4 is 27.5 Å². The minimum atomic E-state index is -0.518. The van der Waals surface area contributed by atoms with Crippen molar-refractivity contribution in [3.05, 3.63) is 27.4 Å². The molecule has 1 aliphatic rings. The molecule has 1 saturated carbocycles. The van der Waals surface area contributed by atoms with E-state index >= 15 is 0 Å². The first-order valence-electron chi connectivity index (χ1n) is 5.57. The minimum absolute atomic E-state index is 0.0495. The van der Waals surface area contributed by atoms with E-state index < -0.39 is 11.9 Å². The lowest BCUT2D eigenvalue weighted by Crippen LogP contribution is -2.34. The van der Waals surface area contributed by atoms with Crippen LogP contribution in [0.4, 0.5) is 4.39 Å². The average Bonchev–Trinajstić information content (AvgIpc) is 2.29. The van der Waals surface area contributed by atoms with Gasteiger partial charge >= 0.3 is 0 Å². The molecule has 2 nitrogen and oxygen atoms in total. The van der Waals surface area contributed by atoms with Gasteiger partial charge in [-0.05, 0) is 41.3 Å². The molecule has 0 spiro atoms. The highest BCUT2D eigenvalue weighted by Crippen LogP contribution is 2.33. The first-order valence-corrected chi connectivity index (χ1v) is 6.74. The summed E-state index contributed by atoms with van der Waals surface area (Å²) in [6.45, 7) is 0. The van der Waals surface area contributed by atoms with Crippen LogP contribution in [0.25, 0.3) is 0 Å². The van der Waals surface area contributed by atoms with Gasteiger partial charge in [-0.3, -0.25) is 0 Å². The summed E-state index contributed by atoms with van der Waals surface area (Å²) in [4.78, 5) is 0. The van der Waals surface area contributed by atoms with E-state index in [-0.39, 0.29) is 11.1 Å². The van der Waals surface area contributed by atoms with Crippen molar-refractivity contribution in [1.29, 1.82) is 0 Å². The zero-order valence-electron chi connectivity index (χ0n) is 9.13. The Bertz CT molecular complexity index is 414. The molecular weight excluding hydrogens is 310 g/mol. The Morgan fingerprint density at radius 3 is 2.76 bits per heavy atom. The summed E-state index contributed by atoms with van der Waals surface area (Å²) in [5, 5.41) is 9.83. The lowest BCUT2D eigenvalue weighted by molar-refractivity contribution is 0.00634. The molecule has 0 saturated heterocycles. The highest BCUT2D eigenvalue weighted by atomic mass is 79.9. The molecule has 0 aliphatic heterocycles. The number of halogens is 3. The van der Waals surface area contributed by atoms with Crippen molar-refractivity contribution < 1.29 is 14.2 Å². The van der Waals surface area contributed by atoms with Gasteiger partial charge in [0.05, 0.1) is 15.6 Å². The van der Waals surface area contributed by atoms with Crippen molar-refractivity contribution in [3.8, 4) is 5.75 Å². The van der Waals surface area contributed by atoms with Crippen LogP contribution in [0.5, 0.6) is 5.75 Å². The van der Waals surface area contributed by atoms with E-state index in [9.17, 15) is 9.50 Å². The third-order valence-corrected chi connectivity index (χ3v) is 3.83. The summed E-state index contributed by atoms with van der Waals surface area (Å²) < 4.78 is 19.6. The van der Waals surface area contributed by atoms with Gasteiger partial charge in [-0.25, -0.2) is 4.39 Å². The second kappa shape index (κ2) is 5.55. The Morgan fingerprint density at radius 2 is 2.06 bits per heavy atom. The first-order chi connectivity index (χ1) is 8.08. The standard InChI is InChI=1S/C12H13BrClFO2/c13-7-5-8(14)9(15)6-12(7)17-11-4-2-1-3-10(11)16/h5-6,10-11,16H,1-4H2/t10-,11-/m1/s1. The average molecular weight is 324 g/mol. The number of aliphatic hydroxyl groups excluding tert-OH is 1. The second-order valence-electron chi connectivity index (χ2n) is 4.20. The van der Waals surface area contributed by atoms with E-state index in [1.165, 1.54) is 12.1 Å².